The van der Waals surface area contributed by atoms with E-state index >= 15 is 0 Å². The van der Waals surface area contributed by atoms with Crippen LogP contribution in [0, 0.1) is 0 Å². The Labute approximate surface area is 593 Å². The van der Waals surface area contributed by atoms with Gasteiger partial charge in [0.2, 0.25) is 0 Å². The fraction of sp³-hybridized carbons (Fsp3) is 0.125. The zero-order valence-electron chi connectivity index (χ0n) is 58.9. The monoisotopic (exact) mass is 1300 g/mol. The largest absolute Gasteiger partial charge is 0.310 e. The predicted molar refractivity (Wildman–Crippen MR) is 432 cm³/mol. The molecule has 0 fully saturated rings. The van der Waals surface area contributed by atoms with Crippen molar-refractivity contribution in [2.45, 2.75) is 78.6 Å². The summed E-state index contributed by atoms with van der Waals surface area (Å²) in [6, 6.07) is 119. The van der Waals surface area contributed by atoms with Gasteiger partial charge in [0.25, 0.3) is 6.71 Å². The minimum absolute atomic E-state index is 0.0855. The zero-order valence-corrected chi connectivity index (χ0v) is 58.9. The average molecular weight is 1300 g/mol. The number of nitrogens with zero attached hydrogens (tertiary/aromatic N) is 4. The number of rotatable bonds is 9. The molecule has 4 heterocycles. The van der Waals surface area contributed by atoms with Crippen molar-refractivity contribution in [1.82, 2.24) is 9.13 Å². The Balaban J connectivity index is 0.997. The summed E-state index contributed by atoms with van der Waals surface area (Å²) in [4.78, 5) is 5.41. The second kappa shape index (κ2) is 23.5. The van der Waals surface area contributed by atoms with Gasteiger partial charge in [-0.1, -0.05) is 311 Å². The standard InChI is InChI=1S/C96H79BN4/c1-94(2,3)68-53-67(54-69(56-68)95(4,5)6)66-49-51-81-87(55-66)100(92-73(62-31-15-10-16-32-62)43-29-44-74(92)63-33-17-11-18-34-63)89-57-70(96(7,8)9)58-90-91(89)97(81)82-52-50-72(59-88(82)101(90)93-75(64-35-19-12-20-36-64)45-30-46-76(93)65-37-21-13-22-38-65)99-84-48-28-26-42-78(84)80-60-79-77-41-25-27-47-83(77)98(85(79)61-86(80)99)71-39-23-14-24-40-71/h10-61H,1-9H3. The number of fused-ring (bicyclic) bond motifs is 10. The highest BCUT2D eigenvalue weighted by molar-refractivity contribution is 7.00. The predicted octanol–water partition coefficient (Wildman–Crippen LogP) is 24.2. The van der Waals surface area contributed by atoms with E-state index in [-0.39, 0.29) is 23.0 Å². The van der Waals surface area contributed by atoms with Gasteiger partial charge in [-0.2, -0.15) is 0 Å². The molecule has 0 unspecified atom stereocenters. The Morgan fingerprint density at radius 3 is 1.05 bits per heavy atom. The van der Waals surface area contributed by atoms with Crippen LogP contribution in [0.3, 0.4) is 0 Å². The molecule has 5 heteroatoms. The molecular weight excluding hydrogens is 1220 g/mol. The van der Waals surface area contributed by atoms with Gasteiger partial charge in [0.05, 0.1) is 33.4 Å². The highest BCUT2D eigenvalue weighted by atomic mass is 15.2. The third-order valence-corrected chi connectivity index (χ3v) is 21.5. The first-order valence-corrected chi connectivity index (χ1v) is 35.8. The van der Waals surface area contributed by atoms with Gasteiger partial charge in [-0.25, -0.2) is 0 Å². The lowest BCUT2D eigenvalue weighted by atomic mass is 9.33. The maximum absolute atomic E-state index is 2.71. The number of hydrogen-bond donors (Lipinski definition) is 0. The molecule has 0 aliphatic carbocycles. The number of benzene rings is 14. The quantitative estimate of drug-likeness (QED) is 0.134. The first-order chi connectivity index (χ1) is 49.0. The van der Waals surface area contributed by atoms with E-state index in [0.29, 0.717) is 0 Å². The Bertz CT molecular complexity index is 5800. The van der Waals surface area contributed by atoms with Gasteiger partial charge in [0, 0.05) is 77.9 Å². The van der Waals surface area contributed by atoms with E-state index in [1.54, 1.807) is 0 Å². The van der Waals surface area contributed by atoms with Crippen LogP contribution >= 0.6 is 0 Å². The van der Waals surface area contributed by atoms with Crippen LogP contribution in [-0.4, -0.2) is 15.8 Å². The van der Waals surface area contributed by atoms with Crippen LogP contribution in [0.1, 0.15) is 79.0 Å². The van der Waals surface area contributed by atoms with Gasteiger partial charge in [-0.05, 0) is 149 Å². The molecule has 0 bridgehead atoms. The third-order valence-electron chi connectivity index (χ3n) is 21.5. The molecule has 0 saturated heterocycles. The van der Waals surface area contributed by atoms with Crippen LogP contribution in [0.15, 0.2) is 315 Å². The molecule has 18 rings (SSSR count). The Hall–Kier alpha value is -11.7. The summed E-state index contributed by atoms with van der Waals surface area (Å²) in [5.41, 5.74) is 32.6. The highest BCUT2D eigenvalue weighted by Gasteiger charge is 2.46. The van der Waals surface area contributed by atoms with Crippen molar-refractivity contribution in [3.8, 4) is 67.0 Å². The maximum Gasteiger partial charge on any atom is 0.252 e. The van der Waals surface area contributed by atoms with Gasteiger partial charge >= 0.3 is 0 Å². The number of anilines is 6. The van der Waals surface area contributed by atoms with E-state index in [1.807, 2.05) is 0 Å². The lowest BCUT2D eigenvalue weighted by Crippen LogP contribution is -2.61. The smallest absolute Gasteiger partial charge is 0.252 e. The molecule has 16 aromatic rings. The SMILES string of the molecule is CC(C)(C)c1cc(-c2ccc3c(c2)N(c2c(-c4ccccc4)cccc2-c2ccccc2)c2cc(C(C)(C)C)cc4c2B3c2ccc(-n3c5ccccc5c5cc6c7ccccc7n(-c7ccccc7)c6cc53)cc2N4c2c(-c3ccccc3)cccc2-c2ccccc2)cc(C(C)(C)C)c1. The van der Waals surface area contributed by atoms with Crippen molar-refractivity contribution >= 4 is 101 Å². The number of aromatic nitrogens is 2. The molecule has 0 radical (unpaired) electrons. The summed E-state index contributed by atoms with van der Waals surface area (Å²) in [5.74, 6) is 0. The van der Waals surface area contributed by atoms with Gasteiger partial charge in [0.15, 0.2) is 0 Å². The van der Waals surface area contributed by atoms with E-state index < -0.39 is 0 Å². The van der Waals surface area contributed by atoms with Crippen molar-refractivity contribution in [2.75, 3.05) is 9.80 Å². The molecule has 0 atom stereocenters. The Kier molecular flexibility index (Phi) is 14.3. The average Bonchev–Trinajstić information content (AvgIpc) is 0.907. The number of para-hydroxylation sites is 5. The van der Waals surface area contributed by atoms with Crippen molar-refractivity contribution in [1.29, 1.82) is 0 Å². The molecule has 0 saturated carbocycles. The molecule has 0 N–H and O–H groups in total. The lowest BCUT2D eigenvalue weighted by molar-refractivity contribution is 0.569. The molecule has 14 aromatic carbocycles. The molecular formula is C96H79BN4. The van der Waals surface area contributed by atoms with Crippen LogP contribution in [0.2, 0.25) is 0 Å². The zero-order chi connectivity index (χ0) is 68.6. The molecule has 0 spiro atoms. The van der Waals surface area contributed by atoms with E-state index in [4.69, 9.17) is 0 Å². The summed E-state index contributed by atoms with van der Waals surface area (Å²) in [5, 5.41) is 4.90. The maximum atomic E-state index is 2.71. The van der Waals surface area contributed by atoms with Crippen LogP contribution in [-0.2, 0) is 16.2 Å². The number of hydrogen-bond acceptors (Lipinski definition) is 2. The topological polar surface area (TPSA) is 16.3 Å². The molecule has 0 amide bonds. The van der Waals surface area contributed by atoms with Crippen molar-refractivity contribution in [2.24, 2.45) is 0 Å². The molecule has 486 valence electrons. The molecule has 2 aliphatic rings. The summed E-state index contributed by atoms with van der Waals surface area (Å²) in [7, 11) is 0. The fourth-order valence-corrected chi connectivity index (χ4v) is 16.4. The van der Waals surface area contributed by atoms with Crippen molar-refractivity contribution < 1.29 is 0 Å². The van der Waals surface area contributed by atoms with Gasteiger partial charge in [-0.3, -0.25) is 0 Å². The molecule has 2 aromatic heterocycles. The van der Waals surface area contributed by atoms with Gasteiger partial charge < -0.3 is 18.9 Å². The van der Waals surface area contributed by atoms with E-state index in [0.717, 1.165) is 95.4 Å². The molecule has 4 nitrogen and oxygen atoms in total. The fourth-order valence-electron chi connectivity index (χ4n) is 16.4. The molecule has 2 aliphatic heterocycles. The summed E-state index contributed by atoms with van der Waals surface area (Å²) >= 11 is 0. The summed E-state index contributed by atoms with van der Waals surface area (Å²) in [6.45, 7) is 21.1. The van der Waals surface area contributed by atoms with Crippen LogP contribution in [0.5, 0.6) is 0 Å². The Morgan fingerprint density at radius 1 is 0.238 bits per heavy atom. The van der Waals surface area contributed by atoms with Crippen molar-refractivity contribution in [3.05, 3.63) is 332 Å². The van der Waals surface area contributed by atoms with Crippen molar-refractivity contribution in [3.63, 3.8) is 0 Å². The molecule has 101 heavy (non-hydrogen) atoms. The second-order valence-electron chi connectivity index (χ2n) is 30.9. The van der Waals surface area contributed by atoms with E-state index in [2.05, 4.69) is 397 Å². The first kappa shape index (κ1) is 61.7. The normalized spacial score (nSPS) is 12.9. The van der Waals surface area contributed by atoms with Crippen LogP contribution < -0.4 is 26.2 Å². The second-order valence-corrected chi connectivity index (χ2v) is 30.9. The van der Waals surface area contributed by atoms with Gasteiger partial charge in [-0.15, -0.1) is 0 Å². The van der Waals surface area contributed by atoms with E-state index in [1.165, 1.54) is 82.5 Å². The minimum Gasteiger partial charge on any atom is -0.310 e. The Morgan fingerprint density at radius 2 is 0.614 bits per heavy atom. The van der Waals surface area contributed by atoms with Gasteiger partial charge in [0.1, 0.15) is 0 Å². The summed E-state index contributed by atoms with van der Waals surface area (Å²) < 4.78 is 5.00. The third kappa shape index (κ3) is 10.2. The first-order valence-electron chi connectivity index (χ1n) is 35.8. The lowest BCUT2D eigenvalue weighted by Gasteiger charge is -2.46. The summed E-state index contributed by atoms with van der Waals surface area (Å²) in [6.07, 6.45) is 0. The van der Waals surface area contributed by atoms with Crippen LogP contribution in [0.4, 0.5) is 34.1 Å². The minimum atomic E-state index is -0.307. The van der Waals surface area contributed by atoms with Crippen LogP contribution in [0.25, 0.3) is 111 Å². The highest BCUT2D eigenvalue weighted by Crippen LogP contribution is 2.55. The van der Waals surface area contributed by atoms with E-state index in [9.17, 15) is 0 Å².